The third-order valence-corrected chi connectivity index (χ3v) is 11.7. The van der Waals surface area contributed by atoms with Crippen molar-refractivity contribution in [3.05, 3.63) is 188 Å². The van der Waals surface area contributed by atoms with Crippen LogP contribution in [-0.4, -0.2) is 32.5 Å². The van der Waals surface area contributed by atoms with Crippen molar-refractivity contribution in [2.75, 3.05) is 0 Å². The van der Waals surface area contributed by atoms with Crippen LogP contribution in [0.2, 0.25) is 0 Å². The summed E-state index contributed by atoms with van der Waals surface area (Å²) in [6.07, 6.45) is 0. The Hall–Kier alpha value is -7.90. The van der Waals surface area contributed by atoms with Gasteiger partial charge < -0.3 is 4.57 Å². The van der Waals surface area contributed by atoms with Crippen molar-refractivity contribution in [2.45, 2.75) is 0 Å². The van der Waals surface area contributed by atoms with Crippen LogP contribution < -0.4 is 0 Å². The molecular formula is C50H31N7. The molecule has 0 unspecified atom stereocenters. The highest BCUT2D eigenvalue weighted by molar-refractivity contribution is 6.10. The Labute approximate surface area is 325 Å². The van der Waals surface area contributed by atoms with E-state index in [0.29, 0.717) is 0 Å². The monoisotopic (exact) mass is 729 g/mol. The molecule has 0 spiro atoms. The Morgan fingerprint density at radius 3 is 1.39 bits per heavy atom. The van der Waals surface area contributed by atoms with Gasteiger partial charge in [0, 0.05) is 21.9 Å². The van der Waals surface area contributed by atoms with E-state index in [-0.39, 0.29) is 0 Å². The van der Waals surface area contributed by atoms with Gasteiger partial charge in [-0.25, -0.2) is 9.97 Å². The van der Waals surface area contributed by atoms with E-state index >= 15 is 0 Å². The van der Waals surface area contributed by atoms with Gasteiger partial charge in [-0.1, -0.05) is 109 Å². The molecule has 0 radical (unpaired) electrons. The molecule has 0 fully saturated rings. The van der Waals surface area contributed by atoms with Crippen LogP contribution in [0.1, 0.15) is 0 Å². The van der Waals surface area contributed by atoms with E-state index in [1.165, 1.54) is 21.8 Å². The van der Waals surface area contributed by atoms with Crippen LogP contribution in [0, 0.1) is 0 Å². The summed E-state index contributed by atoms with van der Waals surface area (Å²) in [4.78, 5) is 10.5. The zero-order chi connectivity index (χ0) is 37.2. The minimum absolute atomic E-state index is 0.860. The molecule has 8 aromatic carbocycles. The lowest BCUT2D eigenvalue weighted by atomic mass is 10.0. The van der Waals surface area contributed by atoms with Crippen molar-refractivity contribution in [2.24, 2.45) is 0 Å². The molecule has 5 aromatic heterocycles. The molecule has 57 heavy (non-hydrogen) atoms. The molecule has 0 aliphatic carbocycles. The van der Waals surface area contributed by atoms with Gasteiger partial charge in [-0.05, 0) is 78.9 Å². The molecule has 13 aromatic rings. The Kier molecular flexibility index (Phi) is 6.04. The van der Waals surface area contributed by atoms with Crippen molar-refractivity contribution < 1.29 is 0 Å². The lowest BCUT2D eigenvalue weighted by Gasteiger charge is -2.17. The fourth-order valence-electron chi connectivity index (χ4n) is 9.35. The molecule has 0 saturated carbocycles. The van der Waals surface area contributed by atoms with Crippen LogP contribution in [0.5, 0.6) is 0 Å². The number of nitrogens with zero attached hydrogens (tertiary/aromatic N) is 7. The molecule has 266 valence electrons. The molecule has 0 aliphatic rings. The van der Waals surface area contributed by atoms with Gasteiger partial charge in [0.1, 0.15) is 0 Å². The largest absolute Gasteiger partial charge is 0.309 e. The first kappa shape index (κ1) is 30.4. The summed E-state index contributed by atoms with van der Waals surface area (Å²) in [5.41, 5.74) is 16.3. The van der Waals surface area contributed by atoms with Crippen LogP contribution in [0.15, 0.2) is 188 Å². The highest BCUT2D eigenvalue weighted by Gasteiger charge is 2.23. The lowest BCUT2D eigenvalue weighted by Crippen LogP contribution is -2.01. The molecule has 0 bridgehead atoms. The number of para-hydroxylation sites is 10. The van der Waals surface area contributed by atoms with Crippen molar-refractivity contribution >= 4 is 77.5 Å². The minimum atomic E-state index is 0.860. The molecular weight excluding hydrogens is 699 g/mol. The molecule has 7 heteroatoms. The normalized spacial score (nSPS) is 12.2. The standard InChI is InChI=1S/C50H31N7/c1-6-20-39-33(15-1)34-16-2-7-21-40(34)54(39)41-22-8-3-17-35(41)36-18-4-9-23-42(36)55-46-27-13-14-28-47(46)57-48-31-32(29-30-38(48)52-50(55)57)53-44-25-11-12-26-45(44)56-43-24-10-5-19-37(43)51-49(53)56/h1-31H. The van der Waals surface area contributed by atoms with Crippen LogP contribution >= 0.6 is 0 Å². The number of benzene rings is 8. The minimum Gasteiger partial charge on any atom is -0.309 e. The number of hydrogen-bond donors (Lipinski definition) is 0. The van der Waals surface area contributed by atoms with E-state index < -0.39 is 0 Å². The van der Waals surface area contributed by atoms with Crippen LogP contribution in [0.25, 0.3) is 106 Å². The maximum Gasteiger partial charge on any atom is 0.220 e. The van der Waals surface area contributed by atoms with E-state index in [4.69, 9.17) is 9.97 Å². The fourth-order valence-corrected chi connectivity index (χ4v) is 9.35. The second kappa shape index (κ2) is 11.3. The third kappa shape index (κ3) is 4.09. The molecule has 0 amide bonds. The van der Waals surface area contributed by atoms with Crippen molar-refractivity contribution in [1.29, 1.82) is 0 Å². The van der Waals surface area contributed by atoms with E-state index in [9.17, 15) is 0 Å². The van der Waals surface area contributed by atoms with Crippen molar-refractivity contribution in [1.82, 2.24) is 32.5 Å². The summed E-state index contributed by atoms with van der Waals surface area (Å²) in [5.74, 6) is 1.75. The number of aromatic nitrogens is 7. The van der Waals surface area contributed by atoms with Crippen molar-refractivity contribution in [3.8, 4) is 28.2 Å². The van der Waals surface area contributed by atoms with Crippen molar-refractivity contribution in [3.63, 3.8) is 0 Å². The molecule has 0 aliphatic heterocycles. The van der Waals surface area contributed by atoms with Gasteiger partial charge >= 0.3 is 0 Å². The second-order valence-electron chi connectivity index (χ2n) is 14.7. The van der Waals surface area contributed by atoms with Crippen LogP contribution in [0.4, 0.5) is 0 Å². The summed E-state index contributed by atoms with van der Waals surface area (Å²) in [6, 6.07) is 67.0. The molecule has 0 saturated heterocycles. The first-order valence-electron chi connectivity index (χ1n) is 19.3. The SMILES string of the molecule is c1ccc(-n2c3ccccc3c3ccccc32)c(-c2ccccc2-n2c3ccccc3n3c4cc(-n5c6ccccc6n6c7ccccc7nc56)ccc4nc23)c1. The first-order chi connectivity index (χ1) is 28.3. The number of imidazole rings is 4. The highest BCUT2D eigenvalue weighted by Crippen LogP contribution is 2.40. The molecule has 5 heterocycles. The molecule has 13 rings (SSSR count). The average Bonchev–Trinajstić information content (AvgIpc) is 4.06. The molecule has 7 nitrogen and oxygen atoms in total. The smallest absolute Gasteiger partial charge is 0.220 e. The molecule has 0 N–H and O–H groups in total. The lowest BCUT2D eigenvalue weighted by molar-refractivity contribution is 1.10. The number of rotatable bonds is 4. The Bertz CT molecular complexity index is 3720. The van der Waals surface area contributed by atoms with Gasteiger partial charge in [-0.2, -0.15) is 0 Å². The van der Waals surface area contributed by atoms with Gasteiger partial charge in [0.25, 0.3) is 0 Å². The average molecular weight is 730 g/mol. The summed E-state index contributed by atoms with van der Waals surface area (Å²) >= 11 is 0. The Morgan fingerprint density at radius 1 is 0.298 bits per heavy atom. The zero-order valence-corrected chi connectivity index (χ0v) is 30.5. The summed E-state index contributed by atoms with van der Waals surface area (Å²) in [5, 5.41) is 2.49. The summed E-state index contributed by atoms with van der Waals surface area (Å²) in [6.45, 7) is 0. The van der Waals surface area contributed by atoms with E-state index in [0.717, 1.165) is 83.9 Å². The van der Waals surface area contributed by atoms with Gasteiger partial charge in [0.05, 0.1) is 72.2 Å². The van der Waals surface area contributed by atoms with Gasteiger partial charge in [-0.3, -0.25) is 17.9 Å². The van der Waals surface area contributed by atoms with Gasteiger partial charge in [0.2, 0.25) is 11.6 Å². The van der Waals surface area contributed by atoms with Crippen LogP contribution in [0.3, 0.4) is 0 Å². The second-order valence-corrected chi connectivity index (χ2v) is 14.7. The summed E-state index contributed by atoms with van der Waals surface area (Å²) < 4.78 is 11.6. The predicted octanol–water partition coefficient (Wildman–Crippen LogP) is 11.9. The molecule has 0 atom stereocenters. The van der Waals surface area contributed by atoms with Crippen LogP contribution in [-0.2, 0) is 0 Å². The van der Waals surface area contributed by atoms with E-state index in [2.05, 4.69) is 204 Å². The quantitative estimate of drug-likeness (QED) is 0.181. The maximum atomic E-state index is 5.39. The van der Waals surface area contributed by atoms with E-state index in [1.54, 1.807) is 0 Å². The Morgan fingerprint density at radius 2 is 0.737 bits per heavy atom. The zero-order valence-electron chi connectivity index (χ0n) is 30.5. The fraction of sp³-hybridized carbons (Fsp3) is 0. The first-order valence-corrected chi connectivity index (χ1v) is 19.3. The van der Waals surface area contributed by atoms with E-state index in [1.807, 2.05) is 6.07 Å². The topological polar surface area (TPSA) is 49.4 Å². The summed E-state index contributed by atoms with van der Waals surface area (Å²) in [7, 11) is 0. The maximum absolute atomic E-state index is 5.39. The predicted molar refractivity (Wildman–Crippen MR) is 232 cm³/mol. The Balaban J connectivity index is 1.07. The van der Waals surface area contributed by atoms with Gasteiger partial charge in [0.15, 0.2) is 0 Å². The number of fused-ring (bicyclic) bond motifs is 13. The van der Waals surface area contributed by atoms with Gasteiger partial charge in [-0.15, -0.1) is 0 Å². The number of hydrogen-bond acceptors (Lipinski definition) is 2. The highest BCUT2D eigenvalue weighted by atomic mass is 15.2. The third-order valence-electron chi connectivity index (χ3n) is 11.7.